The van der Waals surface area contributed by atoms with E-state index in [0.29, 0.717) is 21.5 Å². The number of hydrogen-bond acceptors (Lipinski definition) is 6. The van der Waals surface area contributed by atoms with E-state index < -0.39 is 22.5 Å². The summed E-state index contributed by atoms with van der Waals surface area (Å²) in [6.07, 6.45) is 1.51. The number of nitrogens with one attached hydrogen (secondary N) is 1. The Morgan fingerprint density at radius 1 is 0.929 bits per heavy atom. The summed E-state index contributed by atoms with van der Waals surface area (Å²) in [6, 6.07) is 18.3. The Bertz CT molecular complexity index is 1750. The van der Waals surface area contributed by atoms with Gasteiger partial charge in [-0.05, 0) is 69.3 Å². The van der Waals surface area contributed by atoms with Gasteiger partial charge < -0.3 is 14.0 Å². The molecule has 9 nitrogen and oxygen atoms in total. The van der Waals surface area contributed by atoms with Gasteiger partial charge in [0.2, 0.25) is 0 Å². The van der Waals surface area contributed by atoms with Crippen molar-refractivity contribution in [1.29, 1.82) is 0 Å². The largest absolute Gasteiger partial charge is 0.493 e. The van der Waals surface area contributed by atoms with Crippen molar-refractivity contribution in [2.24, 2.45) is 5.10 Å². The van der Waals surface area contributed by atoms with Crippen molar-refractivity contribution < 1.29 is 22.7 Å². The molecule has 0 unspecified atom stereocenters. The Morgan fingerprint density at radius 2 is 1.62 bits per heavy atom. The summed E-state index contributed by atoms with van der Waals surface area (Å²) in [7, 11) is -1.31. The summed E-state index contributed by atoms with van der Waals surface area (Å²) < 4.78 is 41.1. The third-order valence-electron chi connectivity index (χ3n) is 6.58. The van der Waals surface area contributed by atoms with Crippen molar-refractivity contribution in [2.45, 2.75) is 25.7 Å². The number of benzene rings is 3. The van der Waals surface area contributed by atoms with Gasteiger partial charge in [0, 0.05) is 28.7 Å². The summed E-state index contributed by atoms with van der Waals surface area (Å²) in [4.78, 5) is 13.0. The maximum atomic E-state index is 13.8. The zero-order valence-corrected chi connectivity index (χ0v) is 26.0. The third-order valence-corrected chi connectivity index (χ3v) is 9.09. The van der Waals surface area contributed by atoms with Crippen LogP contribution in [0.5, 0.6) is 11.5 Å². The highest BCUT2D eigenvalue weighted by molar-refractivity contribution is 7.92. The minimum Gasteiger partial charge on any atom is -0.493 e. The van der Waals surface area contributed by atoms with Gasteiger partial charge in [-0.3, -0.25) is 9.10 Å². The second-order valence-corrected chi connectivity index (χ2v) is 12.1. The monoisotopic (exact) mass is 628 g/mol. The number of amides is 1. The van der Waals surface area contributed by atoms with E-state index in [1.807, 2.05) is 37.5 Å². The van der Waals surface area contributed by atoms with Crippen LogP contribution in [0.2, 0.25) is 10.0 Å². The van der Waals surface area contributed by atoms with Gasteiger partial charge in [0.15, 0.2) is 11.5 Å². The van der Waals surface area contributed by atoms with Crippen LogP contribution in [0.3, 0.4) is 0 Å². The molecule has 0 aliphatic heterocycles. The van der Waals surface area contributed by atoms with Crippen molar-refractivity contribution in [3.8, 4) is 17.2 Å². The number of anilines is 1. The van der Waals surface area contributed by atoms with Crippen LogP contribution < -0.4 is 19.2 Å². The maximum absolute atomic E-state index is 13.8. The van der Waals surface area contributed by atoms with Crippen LogP contribution in [-0.2, 0) is 14.8 Å². The van der Waals surface area contributed by atoms with Crippen LogP contribution in [0.1, 0.15) is 22.5 Å². The van der Waals surface area contributed by atoms with Crippen molar-refractivity contribution in [3.05, 3.63) is 99.3 Å². The van der Waals surface area contributed by atoms with Crippen molar-refractivity contribution in [3.63, 3.8) is 0 Å². The second kappa shape index (κ2) is 12.9. The number of carbonyl (C=O) groups excluding carboxylic acids is 1. The summed E-state index contributed by atoms with van der Waals surface area (Å²) in [5.74, 6) is -0.00643. The zero-order valence-electron chi connectivity index (χ0n) is 23.7. The van der Waals surface area contributed by atoms with Gasteiger partial charge >= 0.3 is 0 Å². The highest BCUT2D eigenvalue weighted by Crippen LogP contribution is 2.32. The maximum Gasteiger partial charge on any atom is 0.264 e. The zero-order chi connectivity index (χ0) is 30.6. The quantitative estimate of drug-likeness (QED) is 0.170. The number of aryl methyl sites for hydroxylation is 2. The molecule has 0 aliphatic rings. The van der Waals surface area contributed by atoms with E-state index in [1.54, 1.807) is 36.4 Å². The van der Waals surface area contributed by atoms with E-state index in [2.05, 4.69) is 10.5 Å². The van der Waals surface area contributed by atoms with Gasteiger partial charge in [-0.1, -0.05) is 40.9 Å². The molecular formula is C30H30Cl2N4O5S. The number of rotatable bonds is 10. The lowest BCUT2D eigenvalue weighted by molar-refractivity contribution is -0.119. The Balaban J connectivity index is 1.58. The molecule has 220 valence electrons. The molecule has 4 aromatic rings. The normalized spacial score (nSPS) is 11.5. The van der Waals surface area contributed by atoms with E-state index >= 15 is 0 Å². The number of hydrazone groups is 1. The molecule has 12 heteroatoms. The first kappa shape index (κ1) is 31.0. The smallest absolute Gasteiger partial charge is 0.264 e. The molecule has 0 radical (unpaired) electrons. The number of nitrogens with zero attached hydrogens (tertiary/aromatic N) is 3. The summed E-state index contributed by atoms with van der Waals surface area (Å²) in [6.45, 7) is 5.22. The minimum atomic E-state index is -4.18. The van der Waals surface area contributed by atoms with Gasteiger partial charge in [0.25, 0.3) is 15.9 Å². The van der Waals surface area contributed by atoms with E-state index in [-0.39, 0.29) is 10.6 Å². The molecule has 4 rings (SSSR count). The van der Waals surface area contributed by atoms with Crippen LogP contribution in [-0.4, -0.2) is 45.9 Å². The van der Waals surface area contributed by atoms with Gasteiger partial charge in [0.05, 0.1) is 41.1 Å². The average molecular weight is 630 g/mol. The van der Waals surface area contributed by atoms with E-state index in [9.17, 15) is 13.2 Å². The summed E-state index contributed by atoms with van der Waals surface area (Å²) in [5, 5.41) is 5.00. The fraction of sp³-hybridized carbons (Fsp3) is 0.200. The van der Waals surface area contributed by atoms with Crippen molar-refractivity contribution in [1.82, 2.24) is 9.99 Å². The molecule has 0 aliphatic carbocycles. The van der Waals surface area contributed by atoms with Crippen molar-refractivity contribution >= 4 is 51.0 Å². The summed E-state index contributed by atoms with van der Waals surface area (Å²) in [5.41, 5.74) is 7.08. The molecule has 1 N–H and O–H groups in total. The van der Waals surface area contributed by atoms with E-state index in [0.717, 1.165) is 32.5 Å². The van der Waals surface area contributed by atoms with Gasteiger partial charge in [-0.2, -0.15) is 5.10 Å². The highest BCUT2D eigenvalue weighted by Gasteiger charge is 2.28. The van der Waals surface area contributed by atoms with E-state index in [4.69, 9.17) is 32.7 Å². The van der Waals surface area contributed by atoms with Gasteiger partial charge in [0.1, 0.15) is 6.54 Å². The highest BCUT2D eigenvalue weighted by atomic mass is 35.5. The minimum absolute atomic E-state index is 0.0632. The Morgan fingerprint density at radius 3 is 2.26 bits per heavy atom. The molecule has 42 heavy (non-hydrogen) atoms. The lowest BCUT2D eigenvalue weighted by Gasteiger charge is -2.24. The van der Waals surface area contributed by atoms with Crippen molar-refractivity contribution in [2.75, 3.05) is 25.1 Å². The summed E-state index contributed by atoms with van der Waals surface area (Å²) >= 11 is 12.3. The molecule has 0 spiro atoms. The Labute approximate surface area is 255 Å². The number of methoxy groups -OCH3 is 2. The number of sulfonamides is 1. The van der Waals surface area contributed by atoms with E-state index in [1.165, 1.54) is 38.6 Å². The Kier molecular flexibility index (Phi) is 9.50. The van der Waals surface area contributed by atoms with Crippen LogP contribution in [0, 0.1) is 20.8 Å². The van der Waals surface area contributed by atoms with Crippen LogP contribution in [0.15, 0.2) is 76.7 Å². The predicted molar refractivity (Wildman–Crippen MR) is 166 cm³/mol. The fourth-order valence-electron chi connectivity index (χ4n) is 4.41. The molecule has 1 aromatic heterocycles. The second-order valence-electron chi connectivity index (χ2n) is 9.42. The lowest BCUT2D eigenvalue weighted by atomic mass is 10.2. The molecule has 1 heterocycles. The third kappa shape index (κ3) is 6.56. The number of hydrogen-bond donors (Lipinski definition) is 1. The van der Waals surface area contributed by atoms with Crippen LogP contribution >= 0.6 is 23.2 Å². The first-order chi connectivity index (χ1) is 20.0. The standard InChI is InChI=1S/C30H30Cl2N4O5S/c1-19-6-8-23(9-7-19)35(42(38,39)25-11-13-28(40-4)29(16-25)41-5)18-30(37)34-33-17-22-14-20(2)36(21(22)3)24-10-12-26(31)27(32)15-24/h6-17H,18H2,1-5H3,(H,34,37)/b33-17-. The molecule has 0 atom stereocenters. The molecule has 3 aromatic carbocycles. The average Bonchev–Trinajstić information content (AvgIpc) is 3.25. The predicted octanol–water partition coefficient (Wildman–Crippen LogP) is 6.07. The van der Waals surface area contributed by atoms with Crippen LogP contribution in [0.25, 0.3) is 5.69 Å². The van der Waals surface area contributed by atoms with Gasteiger partial charge in [-0.15, -0.1) is 0 Å². The number of aromatic nitrogens is 1. The molecule has 0 fully saturated rings. The first-order valence-electron chi connectivity index (χ1n) is 12.7. The van der Waals surface area contributed by atoms with Gasteiger partial charge in [-0.25, -0.2) is 13.8 Å². The Hall–Kier alpha value is -3.99. The number of carbonyl (C=O) groups is 1. The molecule has 0 bridgehead atoms. The fourth-order valence-corrected chi connectivity index (χ4v) is 6.14. The molecule has 0 saturated carbocycles. The SMILES string of the molecule is COc1ccc(S(=O)(=O)N(CC(=O)N/N=C\c2cc(C)n(-c3ccc(Cl)c(Cl)c3)c2C)c2ccc(C)cc2)cc1OC. The molecular weight excluding hydrogens is 599 g/mol. The topological polar surface area (TPSA) is 102 Å². The molecule has 1 amide bonds. The molecule has 0 saturated heterocycles. The number of ether oxygens (including phenoxy) is 2. The number of halogens is 2. The lowest BCUT2D eigenvalue weighted by Crippen LogP contribution is -2.39. The van der Waals surface area contributed by atoms with Crippen LogP contribution in [0.4, 0.5) is 5.69 Å². The first-order valence-corrected chi connectivity index (χ1v) is 14.9.